The number of pyridine rings is 1. The summed E-state index contributed by atoms with van der Waals surface area (Å²) in [6, 6.07) is 17.7. The lowest BCUT2D eigenvalue weighted by Crippen LogP contribution is -2.11. The van der Waals surface area contributed by atoms with E-state index < -0.39 is 0 Å². The molecule has 0 amide bonds. The second-order valence-corrected chi connectivity index (χ2v) is 5.37. The summed E-state index contributed by atoms with van der Waals surface area (Å²) in [5, 5.41) is 1.81. The van der Waals surface area contributed by atoms with Crippen LogP contribution in [0.1, 0.15) is 22.9 Å². The molecule has 2 N–H and O–H groups in total. The van der Waals surface area contributed by atoms with Gasteiger partial charge in [0.15, 0.2) is 0 Å². The third-order valence-electron chi connectivity index (χ3n) is 3.42. The minimum atomic E-state index is -0.181. The van der Waals surface area contributed by atoms with Crippen molar-refractivity contribution in [2.45, 2.75) is 13.0 Å². The molecule has 100 valence electrons. The largest absolute Gasteiger partial charge is 0.320 e. The molecule has 1 atom stereocenters. The molecular weight excluding hydrogens is 268 g/mol. The van der Waals surface area contributed by atoms with E-state index >= 15 is 0 Å². The van der Waals surface area contributed by atoms with Crippen molar-refractivity contribution in [3.05, 3.63) is 76.4 Å². The Labute approximate surface area is 123 Å². The van der Waals surface area contributed by atoms with Crippen molar-refractivity contribution in [3.8, 4) is 0 Å². The SMILES string of the molecule is Cc1ccc2cc(C(N)c3cccc(Cl)c3)ccc2n1. The van der Waals surface area contributed by atoms with Gasteiger partial charge in [0.1, 0.15) is 0 Å². The summed E-state index contributed by atoms with van der Waals surface area (Å²) in [6.07, 6.45) is 0. The fourth-order valence-corrected chi connectivity index (χ4v) is 2.53. The molecule has 0 saturated carbocycles. The number of halogens is 1. The summed E-state index contributed by atoms with van der Waals surface area (Å²) in [6.45, 7) is 1.99. The van der Waals surface area contributed by atoms with Crippen LogP contribution in [0.5, 0.6) is 0 Å². The first kappa shape index (κ1) is 13.1. The van der Waals surface area contributed by atoms with Gasteiger partial charge in [0.2, 0.25) is 0 Å². The quantitative estimate of drug-likeness (QED) is 0.763. The van der Waals surface area contributed by atoms with Crippen molar-refractivity contribution in [3.63, 3.8) is 0 Å². The third-order valence-corrected chi connectivity index (χ3v) is 3.65. The van der Waals surface area contributed by atoms with Crippen LogP contribution in [0.25, 0.3) is 10.9 Å². The van der Waals surface area contributed by atoms with Crippen LogP contribution in [0.4, 0.5) is 0 Å². The number of aryl methyl sites for hydroxylation is 1. The Kier molecular flexibility index (Phi) is 3.43. The highest BCUT2D eigenvalue weighted by atomic mass is 35.5. The molecule has 3 aromatic rings. The summed E-state index contributed by atoms with van der Waals surface area (Å²) in [4.78, 5) is 4.50. The molecule has 0 aliphatic carbocycles. The lowest BCUT2D eigenvalue weighted by atomic mass is 9.98. The lowest BCUT2D eigenvalue weighted by Gasteiger charge is -2.13. The summed E-state index contributed by atoms with van der Waals surface area (Å²) in [5.74, 6) is 0. The zero-order valence-corrected chi connectivity index (χ0v) is 11.9. The van der Waals surface area contributed by atoms with Crippen LogP contribution in [0, 0.1) is 6.92 Å². The van der Waals surface area contributed by atoms with Gasteiger partial charge in [-0.3, -0.25) is 4.98 Å². The van der Waals surface area contributed by atoms with Crippen LogP contribution < -0.4 is 5.73 Å². The first-order valence-electron chi connectivity index (χ1n) is 6.52. The van der Waals surface area contributed by atoms with Crippen molar-refractivity contribution in [2.75, 3.05) is 0 Å². The van der Waals surface area contributed by atoms with E-state index in [9.17, 15) is 0 Å². The lowest BCUT2D eigenvalue weighted by molar-refractivity contribution is 0.873. The maximum absolute atomic E-state index is 6.33. The summed E-state index contributed by atoms with van der Waals surface area (Å²) in [5.41, 5.74) is 10.4. The van der Waals surface area contributed by atoms with Gasteiger partial charge in [-0.25, -0.2) is 0 Å². The number of nitrogens with zero attached hydrogens (tertiary/aromatic N) is 1. The minimum Gasteiger partial charge on any atom is -0.320 e. The molecule has 3 heteroatoms. The van der Waals surface area contributed by atoms with Gasteiger partial charge < -0.3 is 5.73 Å². The van der Waals surface area contributed by atoms with E-state index in [1.165, 1.54) is 0 Å². The Balaban J connectivity index is 2.03. The summed E-state index contributed by atoms with van der Waals surface area (Å²) >= 11 is 6.02. The van der Waals surface area contributed by atoms with Crippen LogP contribution in [0.2, 0.25) is 5.02 Å². The molecule has 2 aromatic carbocycles. The number of hydrogen-bond donors (Lipinski definition) is 1. The van der Waals surface area contributed by atoms with Gasteiger partial charge in [0, 0.05) is 16.1 Å². The number of hydrogen-bond acceptors (Lipinski definition) is 2. The van der Waals surface area contributed by atoms with Gasteiger partial charge in [0.25, 0.3) is 0 Å². The predicted molar refractivity (Wildman–Crippen MR) is 84.0 cm³/mol. The molecule has 20 heavy (non-hydrogen) atoms. The molecule has 0 bridgehead atoms. The number of aromatic nitrogens is 1. The standard InChI is InChI=1S/C17H15ClN2/c1-11-5-6-12-9-14(7-8-16(12)20-11)17(19)13-3-2-4-15(18)10-13/h2-10,17H,19H2,1H3. The highest BCUT2D eigenvalue weighted by Gasteiger charge is 2.10. The monoisotopic (exact) mass is 282 g/mol. The van der Waals surface area contributed by atoms with Crippen molar-refractivity contribution >= 4 is 22.5 Å². The van der Waals surface area contributed by atoms with Crippen molar-refractivity contribution in [1.82, 2.24) is 4.98 Å². The Morgan fingerprint density at radius 3 is 2.60 bits per heavy atom. The first-order valence-corrected chi connectivity index (χ1v) is 6.89. The minimum absolute atomic E-state index is 0.181. The normalized spacial score (nSPS) is 12.6. The van der Waals surface area contributed by atoms with E-state index in [0.717, 1.165) is 27.7 Å². The van der Waals surface area contributed by atoms with Crippen molar-refractivity contribution < 1.29 is 0 Å². The van der Waals surface area contributed by atoms with Gasteiger partial charge in [0.05, 0.1) is 11.6 Å². The van der Waals surface area contributed by atoms with E-state index in [2.05, 4.69) is 17.1 Å². The molecule has 0 spiro atoms. The predicted octanol–water partition coefficient (Wildman–Crippen LogP) is 4.24. The fourth-order valence-electron chi connectivity index (χ4n) is 2.33. The van der Waals surface area contributed by atoms with Crippen LogP contribution >= 0.6 is 11.6 Å². The Morgan fingerprint density at radius 1 is 1.00 bits per heavy atom. The highest BCUT2D eigenvalue weighted by Crippen LogP contribution is 2.25. The number of nitrogens with two attached hydrogens (primary N) is 1. The van der Waals surface area contributed by atoms with E-state index in [4.69, 9.17) is 17.3 Å². The van der Waals surface area contributed by atoms with Crippen LogP contribution in [0.15, 0.2) is 54.6 Å². The summed E-state index contributed by atoms with van der Waals surface area (Å²) < 4.78 is 0. The maximum atomic E-state index is 6.33. The third kappa shape index (κ3) is 2.53. The molecule has 1 heterocycles. The molecule has 1 unspecified atom stereocenters. The highest BCUT2D eigenvalue weighted by molar-refractivity contribution is 6.30. The van der Waals surface area contributed by atoms with E-state index in [1.807, 2.05) is 49.4 Å². The Bertz CT molecular complexity index is 768. The molecule has 0 saturated heterocycles. The summed E-state index contributed by atoms with van der Waals surface area (Å²) in [7, 11) is 0. The number of rotatable bonds is 2. The van der Waals surface area contributed by atoms with Crippen LogP contribution in [-0.4, -0.2) is 4.98 Å². The zero-order valence-electron chi connectivity index (χ0n) is 11.2. The number of benzene rings is 2. The molecule has 0 fully saturated rings. The molecule has 0 radical (unpaired) electrons. The topological polar surface area (TPSA) is 38.9 Å². The van der Waals surface area contributed by atoms with Crippen LogP contribution in [-0.2, 0) is 0 Å². The Morgan fingerprint density at radius 2 is 1.80 bits per heavy atom. The van der Waals surface area contributed by atoms with E-state index in [1.54, 1.807) is 0 Å². The second kappa shape index (κ2) is 5.23. The van der Waals surface area contributed by atoms with E-state index in [-0.39, 0.29) is 6.04 Å². The number of fused-ring (bicyclic) bond motifs is 1. The molecule has 2 nitrogen and oxygen atoms in total. The zero-order chi connectivity index (χ0) is 14.1. The van der Waals surface area contributed by atoms with E-state index in [0.29, 0.717) is 5.02 Å². The van der Waals surface area contributed by atoms with Gasteiger partial charge in [-0.1, -0.05) is 35.9 Å². The Hall–Kier alpha value is -1.90. The van der Waals surface area contributed by atoms with Gasteiger partial charge in [-0.2, -0.15) is 0 Å². The molecule has 3 rings (SSSR count). The average Bonchev–Trinajstić information content (AvgIpc) is 2.46. The van der Waals surface area contributed by atoms with Crippen LogP contribution in [0.3, 0.4) is 0 Å². The fraction of sp³-hybridized carbons (Fsp3) is 0.118. The molecular formula is C17H15ClN2. The van der Waals surface area contributed by atoms with Crippen molar-refractivity contribution in [1.29, 1.82) is 0 Å². The molecule has 0 aliphatic rings. The van der Waals surface area contributed by atoms with Gasteiger partial charge >= 0.3 is 0 Å². The molecule has 1 aromatic heterocycles. The maximum Gasteiger partial charge on any atom is 0.0705 e. The second-order valence-electron chi connectivity index (χ2n) is 4.94. The first-order chi connectivity index (χ1) is 9.63. The average molecular weight is 283 g/mol. The van der Waals surface area contributed by atoms with Gasteiger partial charge in [-0.05, 0) is 48.4 Å². The smallest absolute Gasteiger partial charge is 0.0705 e. The van der Waals surface area contributed by atoms with Crippen molar-refractivity contribution in [2.24, 2.45) is 5.73 Å². The molecule has 0 aliphatic heterocycles. The van der Waals surface area contributed by atoms with Gasteiger partial charge in [-0.15, -0.1) is 0 Å².